The Kier molecular flexibility index (Phi) is 6.59. The lowest BCUT2D eigenvalue weighted by atomic mass is 10.3. The summed E-state index contributed by atoms with van der Waals surface area (Å²) >= 11 is 1.30. The number of anilines is 4. The van der Waals surface area contributed by atoms with Gasteiger partial charge in [-0.3, -0.25) is 0 Å². The van der Waals surface area contributed by atoms with E-state index in [1.54, 1.807) is 30.6 Å². The highest BCUT2D eigenvalue weighted by Gasteiger charge is 2.24. The summed E-state index contributed by atoms with van der Waals surface area (Å²) < 4.78 is 5.61. The number of pyridine rings is 1. The summed E-state index contributed by atoms with van der Waals surface area (Å²) in [6.07, 6.45) is 4.12. The van der Waals surface area contributed by atoms with Gasteiger partial charge < -0.3 is 20.3 Å². The number of likely N-dealkylation sites (tertiary alicyclic amines) is 1. The van der Waals surface area contributed by atoms with Crippen molar-refractivity contribution >= 4 is 39.9 Å². The van der Waals surface area contributed by atoms with E-state index in [0.717, 1.165) is 30.2 Å². The van der Waals surface area contributed by atoms with Gasteiger partial charge >= 0.3 is 5.97 Å². The molecule has 178 valence electrons. The number of nitrogens with one attached hydrogen (secondary N) is 2. The molecule has 1 saturated heterocycles. The van der Waals surface area contributed by atoms with Crippen LogP contribution < -0.4 is 10.6 Å². The fraction of sp³-hybridized carbons (Fsp3) is 0.250. The van der Waals surface area contributed by atoms with Gasteiger partial charge in [-0.2, -0.15) is 4.98 Å². The first kappa shape index (κ1) is 22.8. The third-order valence-corrected chi connectivity index (χ3v) is 6.33. The molecule has 4 aromatic heterocycles. The highest BCUT2D eigenvalue weighted by Crippen LogP contribution is 2.26. The largest absolute Gasteiger partial charge is 0.457 e. The number of rotatable bonds is 7. The van der Waals surface area contributed by atoms with Crippen molar-refractivity contribution in [2.45, 2.75) is 19.4 Å². The lowest BCUT2D eigenvalue weighted by Gasteiger charge is -2.11. The summed E-state index contributed by atoms with van der Waals surface area (Å²) in [5.74, 6) is 1.76. The molecule has 5 rings (SSSR count). The third kappa shape index (κ3) is 5.76. The number of thiophene rings is 1. The van der Waals surface area contributed by atoms with E-state index in [0.29, 0.717) is 34.0 Å². The normalized spacial score (nSPS) is 15.7. The Bertz CT molecular complexity index is 1340. The Hall–Kier alpha value is -3.96. The Morgan fingerprint density at radius 3 is 2.66 bits per heavy atom. The van der Waals surface area contributed by atoms with Crippen LogP contribution in [0.25, 0.3) is 11.5 Å². The van der Waals surface area contributed by atoms with Crippen molar-refractivity contribution in [2.24, 2.45) is 0 Å². The predicted octanol–water partition coefficient (Wildman–Crippen LogP) is 4.05. The number of hydrogen-bond donors (Lipinski definition) is 2. The van der Waals surface area contributed by atoms with Crippen LogP contribution in [-0.4, -0.2) is 62.0 Å². The van der Waals surface area contributed by atoms with Gasteiger partial charge in [0, 0.05) is 31.2 Å². The number of nitrogens with zero attached hydrogens (tertiary/aromatic N) is 6. The molecule has 1 aliphatic rings. The molecule has 1 aliphatic heterocycles. The van der Waals surface area contributed by atoms with Crippen LogP contribution in [0.2, 0.25) is 0 Å². The molecule has 0 radical (unpaired) electrons. The van der Waals surface area contributed by atoms with Crippen LogP contribution in [0, 0.1) is 6.92 Å². The minimum absolute atomic E-state index is 0.0545. The van der Waals surface area contributed by atoms with Crippen molar-refractivity contribution in [1.82, 2.24) is 29.8 Å². The number of hydrogen-bond acceptors (Lipinski definition) is 11. The standard InChI is InChI=1S/C24H24N8O2S/c1-15-4-3-5-17(27-15)22-25-11-8-19(29-22)28-20-9-12-26-24(30-20)31-21-7-6-18(35-21)23(33)34-16-10-13-32(2)14-16/h3-9,11-12,16H,10,13-14H2,1-2H3,(H2,25,26,28,29,30,31)/t16-/m0/s1. The first-order chi connectivity index (χ1) is 17.0. The van der Waals surface area contributed by atoms with Crippen LogP contribution in [0.4, 0.5) is 22.6 Å². The second-order valence-corrected chi connectivity index (χ2v) is 9.27. The summed E-state index contributed by atoms with van der Waals surface area (Å²) in [6, 6.07) is 12.8. The van der Waals surface area contributed by atoms with Crippen molar-refractivity contribution in [3.05, 3.63) is 65.4 Å². The Balaban J connectivity index is 1.24. The van der Waals surface area contributed by atoms with Gasteiger partial charge in [0.1, 0.15) is 28.3 Å². The number of ether oxygens (including phenoxy) is 1. The summed E-state index contributed by atoms with van der Waals surface area (Å²) in [5.41, 5.74) is 1.60. The first-order valence-corrected chi connectivity index (χ1v) is 12.0. The molecule has 0 unspecified atom stereocenters. The van der Waals surface area contributed by atoms with Gasteiger partial charge in [0.15, 0.2) is 5.82 Å². The fourth-order valence-corrected chi connectivity index (χ4v) is 4.45. The molecule has 0 aliphatic carbocycles. The molecule has 1 atom stereocenters. The van der Waals surface area contributed by atoms with Crippen LogP contribution in [0.15, 0.2) is 54.9 Å². The third-order valence-electron chi connectivity index (χ3n) is 5.35. The maximum Gasteiger partial charge on any atom is 0.348 e. The number of carbonyl (C=O) groups excluding carboxylic acids is 1. The average Bonchev–Trinajstić information content (AvgIpc) is 3.48. The zero-order chi connectivity index (χ0) is 24.2. The molecule has 35 heavy (non-hydrogen) atoms. The minimum atomic E-state index is -0.303. The van der Waals surface area contributed by atoms with E-state index in [-0.39, 0.29) is 12.1 Å². The zero-order valence-electron chi connectivity index (χ0n) is 19.3. The number of esters is 1. The lowest BCUT2D eigenvalue weighted by Crippen LogP contribution is -2.21. The second-order valence-electron chi connectivity index (χ2n) is 8.19. The van der Waals surface area contributed by atoms with Crippen molar-refractivity contribution in [1.29, 1.82) is 0 Å². The van der Waals surface area contributed by atoms with Crippen LogP contribution in [-0.2, 0) is 4.74 Å². The molecular weight excluding hydrogens is 464 g/mol. The molecule has 4 aromatic rings. The molecule has 5 heterocycles. The van der Waals surface area contributed by atoms with Crippen LogP contribution in [0.3, 0.4) is 0 Å². The number of likely N-dealkylation sites (N-methyl/N-ethyl adjacent to an activating group) is 1. The molecule has 0 amide bonds. The molecule has 0 bridgehead atoms. The SMILES string of the molecule is Cc1cccc(-c2nccc(Nc3ccnc(Nc4ccc(C(=O)O[C@H]5CCN(C)C5)s4)n3)n2)n1. The van der Waals surface area contributed by atoms with Crippen LogP contribution in [0.5, 0.6) is 0 Å². The minimum Gasteiger partial charge on any atom is -0.457 e. The van der Waals surface area contributed by atoms with E-state index in [1.165, 1.54) is 11.3 Å². The van der Waals surface area contributed by atoms with Gasteiger partial charge in [-0.1, -0.05) is 6.07 Å². The molecule has 0 spiro atoms. The van der Waals surface area contributed by atoms with Gasteiger partial charge in [-0.15, -0.1) is 11.3 Å². The van der Waals surface area contributed by atoms with Gasteiger partial charge in [-0.05, 0) is 56.8 Å². The number of carbonyl (C=O) groups is 1. The van der Waals surface area contributed by atoms with Crippen LogP contribution >= 0.6 is 11.3 Å². The van der Waals surface area contributed by atoms with E-state index in [9.17, 15) is 4.79 Å². The van der Waals surface area contributed by atoms with E-state index in [1.807, 2.05) is 38.2 Å². The van der Waals surface area contributed by atoms with E-state index in [4.69, 9.17) is 4.74 Å². The molecule has 1 fully saturated rings. The number of aryl methyl sites for hydroxylation is 1. The Morgan fingerprint density at radius 1 is 1.03 bits per heavy atom. The first-order valence-electron chi connectivity index (χ1n) is 11.2. The van der Waals surface area contributed by atoms with Gasteiger partial charge in [0.2, 0.25) is 5.95 Å². The Morgan fingerprint density at radius 2 is 1.86 bits per heavy atom. The summed E-state index contributed by atoms with van der Waals surface area (Å²) in [5, 5.41) is 7.07. The molecule has 0 aromatic carbocycles. The number of aromatic nitrogens is 5. The van der Waals surface area contributed by atoms with Crippen molar-refractivity contribution < 1.29 is 9.53 Å². The zero-order valence-corrected chi connectivity index (χ0v) is 20.1. The quantitative estimate of drug-likeness (QED) is 0.369. The predicted molar refractivity (Wildman–Crippen MR) is 134 cm³/mol. The van der Waals surface area contributed by atoms with Crippen molar-refractivity contribution in [3.63, 3.8) is 0 Å². The molecule has 2 N–H and O–H groups in total. The van der Waals surface area contributed by atoms with E-state index >= 15 is 0 Å². The fourth-order valence-electron chi connectivity index (χ4n) is 3.66. The van der Waals surface area contributed by atoms with Crippen molar-refractivity contribution in [2.75, 3.05) is 30.8 Å². The van der Waals surface area contributed by atoms with Crippen LogP contribution in [0.1, 0.15) is 21.8 Å². The average molecular weight is 489 g/mol. The van der Waals surface area contributed by atoms with Crippen molar-refractivity contribution in [3.8, 4) is 11.5 Å². The monoisotopic (exact) mass is 488 g/mol. The molecule has 10 nitrogen and oxygen atoms in total. The van der Waals surface area contributed by atoms with E-state index < -0.39 is 0 Å². The topological polar surface area (TPSA) is 118 Å². The molecule has 11 heteroatoms. The maximum absolute atomic E-state index is 12.5. The summed E-state index contributed by atoms with van der Waals surface area (Å²) in [7, 11) is 2.02. The molecule has 0 saturated carbocycles. The van der Waals surface area contributed by atoms with Gasteiger partial charge in [0.05, 0.1) is 5.00 Å². The van der Waals surface area contributed by atoms with Gasteiger partial charge in [0.25, 0.3) is 0 Å². The maximum atomic E-state index is 12.5. The smallest absolute Gasteiger partial charge is 0.348 e. The van der Waals surface area contributed by atoms with Gasteiger partial charge in [-0.25, -0.2) is 24.7 Å². The summed E-state index contributed by atoms with van der Waals surface area (Å²) in [6.45, 7) is 3.64. The Labute approximate surface area is 206 Å². The lowest BCUT2D eigenvalue weighted by molar-refractivity contribution is 0.0333. The second kappa shape index (κ2) is 10.1. The van der Waals surface area contributed by atoms with E-state index in [2.05, 4.69) is 40.5 Å². The highest BCUT2D eigenvalue weighted by molar-refractivity contribution is 7.17. The summed E-state index contributed by atoms with van der Waals surface area (Å²) in [4.78, 5) is 37.3. The molecular formula is C24H24N8O2S. The highest BCUT2D eigenvalue weighted by atomic mass is 32.1.